The Balaban J connectivity index is 2.34. The second kappa shape index (κ2) is 5.32. The van der Waals surface area contributed by atoms with Gasteiger partial charge in [-0.05, 0) is 38.0 Å². The van der Waals surface area contributed by atoms with Crippen molar-refractivity contribution in [2.24, 2.45) is 0 Å². The van der Waals surface area contributed by atoms with Crippen LogP contribution in [0.3, 0.4) is 0 Å². The number of hydrogen-bond donors (Lipinski definition) is 1. The molecule has 0 radical (unpaired) electrons. The van der Waals surface area contributed by atoms with E-state index in [0.29, 0.717) is 35.7 Å². The molecule has 1 aromatic rings. The average Bonchev–Trinajstić information content (AvgIpc) is 2.82. The Morgan fingerprint density at radius 2 is 2.15 bits per heavy atom. The van der Waals surface area contributed by atoms with Crippen molar-refractivity contribution in [2.75, 3.05) is 13.7 Å². The summed E-state index contributed by atoms with van der Waals surface area (Å²) in [6, 6.07) is 4.68. The summed E-state index contributed by atoms with van der Waals surface area (Å²) >= 11 is 5.92. The highest BCUT2D eigenvalue weighted by atomic mass is 35.5. The van der Waals surface area contributed by atoms with Gasteiger partial charge in [0.15, 0.2) is 0 Å². The summed E-state index contributed by atoms with van der Waals surface area (Å²) in [7, 11) is 1.46. The third kappa shape index (κ3) is 2.33. The van der Waals surface area contributed by atoms with Gasteiger partial charge in [-0.3, -0.25) is 4.79 Å². The maximum Gasteiger partial charge on any atom is 0.329 e. The van der Waals surface area contributed by atoms with Crippen molar-refractivity contribution in [3.63, 3.8) is 0 Å². The summed E-state index contributed by atoms with van der Waals surface area (Å²) in [6.07, 6.45) is 1.14. The molecule has 1 fully saturated rings. The molecule has 1 amide bonds. The number of methoxy groups -OCH3 is 1. The highest BCUT2D eigenvalue weighted by molar-refractivity contribution is 6.32. The largest absolute Gasteiger partial charge is 0.495 e. The number of carbonyl (C=O) groups is 2. The molecule has 6 heteroatoms. The Bertz CT molecular complexity index is 560. The zero-order valence-corrected chi connectivity index (χ0v) is 12.1. The van der Waals surface area contributed by atoms with E-state index >= 15 is 0 Å². The molecule has 1 aliphatic rings. The first-order valence-electron chi connectivity index (χ1n) is 6.29. The van der Waals surface area contributed by atoms with Crippen LogP contribution < -0.4 is 4.74 Å². The van der Waals surface area contributed by atoms with Gasteiger partial charge in [0, 0.05) is 12.1 Å². The smallest absolute Gasteiger partial charge is 0.329 e. The number of carboxylic acid groups (broad SMARTS) is 1. The predicted molar refractivity (Wildman–Crippen MR) is 74.3 cm³/mol. The second-order valence-electron chi connectivity index (χ2n) is 4.99. The molecule has 108 valence electrons. The van der Waals surface area contributed by atoms with E-state index in [1.807, 2.05) is 0 Å². The van der Waals surface area contributed by atoms with Gasteiger partial charge in [0.2, 0.25) is 0 Å². The van der Waals surface area contributed by atoms with Crippen LogP contribution in [0, 0.1) is 0 Å². The van der Waals surface area contributed by atoms with Gasteiger partial charge < -0.3 is 14.7 Å². The first-order chi connectivity index (χ1) is 9.40. The molecule has 0 aromatic heterocycles. The van der Waals surface area contributed by atoms with E-state index in [1.165, 1.54) is 18.1 Å². The highest BCUT2D eigenvalue weighted by Crippen LogP contribution is 2.32. The summed E-state index contributed by atoms with van der Waals surface area (Å²) in [5.74, 6) is -0.902. The normalized spacial score (nSPS) is 21.9. The molecule has 1 aromatic carbocycles. The summed E-state index contributed by atoms with van der Waals surface area (Å²) in [5.41, 5.74) is -0.773. The van der Waals surface area contributed by atoms with E-state index in [2.05, 4.69) is 0 Å². The van der Waals surface area contributed by atoms with E-state index < -0.39 is 11.5 Å². The van der Waals surface area contributed by atoms with Crippen LogP contribution in [0.2, 0.25) is 5.02 Å². The molecule has 2 rings (SSSR count). The van der Waals surface area contributed by atoms with Crippen LogP contribution in [0.25, 0.3) is 0 Å². The molecule has 0 saturated carbocycles. The molecule has 0 aliphatic carbocycles. The number of rotatable bonds is 3. The van der Waals surface area contributed by atoms with Crippen molar-refractivity contribution >= 4 is 23.5 Å². The van der Waals surface area contributed by atoms with Gasteiger partial charge in [0.05, 0.1) is 12.1 Å². The lowest BCUT2D eigenvalue weighted by molar-refractivity contribution is -0.147. The van der Waals surface area contributed by atoms with Crippen molar-refractivity contribution in [3.8, 4) is 5.75 Å². The first kappa shape index (κ1) is 14.7. The highest BCUT2D eigenvalue weighted by Gasteiger charge is 2.46. The maximum atomic E-state index is 12.5. The van der Waals surface area contributed by atoms with Crippen molar-refractivity contribution in [2.45, 2.75) is 25.3 Å². The minimum Gasteiger partial charge on any atom is -0.495 e. The second-order valence-corrected chi connectivity index (χ2v) is 5.40. The van der Waals surface area contributed by atoms with Crippen LogP contribution in [-0.4, -0.2) is 41.1 Å². The molecular formula is C14H16ClNO4. The van der Waals surface area contributed by atoms with Crippen LogP contribution in [0.5, 0.6) is 5.75 Å². The first-order valence-corrected chi connectivity index (χ1v) is 6.67. The average molecular weight is 298 g/mol. The number of ether oxygens (including phenoxy) is 1. The quantitative estimate of drug-likeness (QED) is 0.930. The van der Waals surface area contributed by atoms with Gasteiger partial charge in [-0.1, -0.05) is 11.6 Å². The topological polar surface area (TPSA) is 66.8 Å². The van der Waals surface area contributed by atoms with Crippen LogP contribution in [0.15, 0.2) is 18.2 Å². The van der Waals surface area contributed by atoms with Crippen molar-refractivity contribution in [3.05, 3.63) is 28.8 Å². The predicted octanol–water partition coefficient (Wildman–Crippen LogP) is 2.43. The molecule has 20 heavy (non-hydrogen) atoms. The third-order valence-electron chi connectivity index (χ3n) is 3.74. The molecule has 0 unspecified atom stereocenters. The van der Waals surface area contributed by atoms with Gasteiger partial charge in [-0.25, -0.2) is 4.79 Å². The Morgan fingerprint density at radius 3 is 2.75 bits per heavy atom. The fourth-order valence-electron chi connectivity index (χ4n) is 2.46. The van der Waals surface area contributed by atoms with Crippen LogP contribution in [0.1, 0.15) is 30.1 Å². The molecule has 0 bridgehead atoms. The molecule has 0 spiro atoms. The van der Waals surface area contributed by atoms with E-state index in [0.717, 1.165) is 0 Å². The number of amides is 1. The third-order valence-corrected chi connectivity index (χ3v) is 4.06. The number of benzene rings is 1. The lowest BCUT2D eigenvalue weighted by Gasteiger charge is -2.31. The number of hydrogen-bond acceptors (Lipinski definition) is 3. The molecule has 5 nitrogen and oxygen atoms in total. The monoisotopic (exact) mass is 297 g/mol. The Kier molecular flexibility index (Phi) is 3.90. The summed E-state index contributed by atoms with van der Waals surface area (Å²) in [6.45, 7) is 2.01. The molecular weight excluding hydrogens is 282 g/mol. The van der Waals surface area contributed by atoms with Gasteiger partial charge in [-0.15, -0.1) is 0 Å². The SMILES string of the molecule is COc1cc(C(=O)N2CCC[C@]2(C)C(=O)O)ccc1Cl. The minimum absolute atomic E-state index is 0.317. The van der Waals surface area contributed by atoms with Crippen LogP contribution >= 0.6 is 11.6 Å². The minimum atomic E-state index is -1.15. The number of aliphatic carboxylic acids is 1. The van der Waals surface area contributed by atoms with Gasteiger partial charge in [0.25, 0.3) is 5.91 Å². The number of carboxylic acids is 1. The standard InChI is InChI=1S/C14H16ClNO4/c1-14(13(18)19)6-3-7-16(14)12(17)9-4-5-10(15)11(8-9)20-2/h4-5,8H,3,6-7H2,1-2H3,(H,18,19)/t14-/m1/s1. The summed E-state index contributed by atoms with van der Waals surface area (Å²) in [5, 5.41) is 9.75. The number of likely N-dealkylation sites (tertiary alicyclic amines) is 1. The van der Waals surface area contributed by atoms with E-state index in [-0.39, 0.29) is 5.91 Å². The zero-order valence-electron chi connectivity index (χ0n) is 11.4. The van der Waals surface area contributed by atoms with Gasteiger partial charge in [0.1, 0.15) is 11.3 Å². The number of carbonyl (C=O) groups excluding carboxylic acids is 1. The summed E-state index contributed by atoms with van der Waals surface area (Å²) < 4.78 is 5.08. The fourth-order valence-corrected chi connectivity index (χ4v) is 2.65. The van der Waals surface area contributed by atoms with Crippen molar-refractivity contribution < 1.29 is 19.4 Å². The molecule has 1 saturated heterocycles. The number of halogens is 1. The molecule has 1 atom stereocenters. The number of nitrogens with zero attached hydrogens (tertiary/aromatic N) is 1. The molecule has 1 heterocycles. The lowest BCUT2D eigenvalue weighted by Crippen LogP contribution is -2.50. The maximum absolute atomic E-state index is 12.5. The Morgan fingerprint density at radius 1 is 1.45 bits per heavy atom. The van der Waals surface area contributed by atoms with Crippen LogP contribution in [-0.2, 0) is 4.79 Å². The molecule has 1 aliphatic heterocycles. The van der Waals surface area contributed by atoms with E-state index in [4.69, 9.17) is 16.3 Å². The van der Waals surface area contributed by atoms with E-state index in [9.17, 15) is 14.7 Å². The van der Waals surface area contributed by atoms with Crippen molar-refractivity contribution in [1.29, 1.82) is 0 Å². The molecule has 1 N–H and O–H groups in total. The zero-order chi connectivity index (χ0) is 14.9. The van der Waals surface area contributed by atoms with Gasteiger partial charge in [-0.2, -0.15) is 0 Å². The Hall–Kier alpha value is -1.75. The Labute approximate surface area is 122 Å². The van der Waals surface area contributed by atoms with Gasteiger partial charge >= 0.3 is 5.97 Å². The summed E-state index contributed by atoms with van der Waals surface area (Å²) in [4.78, 5) is 25.3. The van der Waals surface area contributed by atoms with Crippen molar-refractivity contribution in [1.82, 2.24) is 4.90 Å². The van der Waals surface area contributed by atoms with Crippen LogP contribution in [0.4, 0.5) is 0 Å². The fraction of sp³-hybridized carbons (Fsp3) is 0.429. The lowest BCUT2D eigenvalue weighted by atomic mass is 9.98. The van der Waals surface area contributed by atoms with E-state index in [1.54, 1.807) is 19.1 Å².